The van der Waals surface area contributed by atoms with Crippen molar-refractivity contribution in [2.75, 3.05) is 62.2 Å². The van der Waals surface area contributed by atoms with Crippen molar-refractivity contribution in [3.05, 3.63) is 88.2 Å². The zero-order chi connectivity index (χ0) is 33.7. The molecule has 244 valence electrons. The molecule has 0 spiro atoms. The fourth-order valence-electron chi connectivity index (χ4n) is 5.41. The van der Waals surface area contributed by atoms with Gasteiger partial charge in [0.1, 0.15) is 17.3 Å². The lowest BCUT2D eigenvalue weighted by molar-refractivity contribution is 0.102. The van der Waals surface area contributed by atoms with Crippen molar-refractivity contribution >= 4 is 34.4 Å². The second kappa shape index (κ2) is 14.1. The molecule has 13 nitrogen and oxygen atoms in total. The molecular formula is C33H34FN7O6. The lowest BCUT2D eigenvalue weighted by Crippen LogP contribution is -2.57. The van der Waals surface area contributed by atoms with E-state index in [4.69, 9.17) is 19.2 Å². The molecule has 1 aliphatic rings. The highest BCUT2D eigenvalue weighted by molar-refractivity contribution is 6.03. The number of aromatic nitrogens is 2. The summed E-state index contributed by atoms with van der Waals surface area (Å²) >= 11 is 0. The van der Waals surface area contributed by atoms with Gasteiger partial charge in [0, 0.05) is 24.8 Å². The number of hydrogen-bond donors (Lipinski definition) is 1. The topological polar surface area (TPSA) is 142 Å². The first-order chi connectivity index (χ1) is 22.7. The molecule has 1 fully saturated rings. The minimum atomic E-state index is -0.927. The van der Waals surface area contributed by atoms with Crippen LogP contribution in [0.25, 0.3) is 10.9 Å². The number of carbonyl (C=O) groups excluding carboxylic acids is 2. The van der Waals surface area contributed by atoms with E-state index in [1.54, 1.807) is 54.1 Å². The number of carbonyl (C=O) groups is 2. The molecule has 0 bridgehead atoms. The number of fused-ring (bicyclic) bond motifs is 1. The van der Waals surface area contributed by atoms with E-state index in [-0.39, 0.29) is 49.5 Å². The Bertz CT molecular complexity index is 1880. The van der Waals surface area contributed by atoms with Gasteiger partial charge in [-0.25, -0.2) is 23.6 Å². The molecule has 1 unspecified atom stereocenters. The highest BCUT2D eigenvalue weighted by Crippen LogP contribution is 2.37. The van der Waals surface area contributed by atoms with Crippen molar-refractivity contribution in [3.8, 4) is 17.6 Å². The van der Waals surface area contributed by atoms with Gasteiger partial charge >= 0.3 is 12.1 Å². The van der Waals surface area contributed by atoms with E-state index in [2.05, 4.69) is 11.4 Å². The van der Waals surface area contributed by atoms with Crippen LogP contribution in [0.2, 0.25) is 0 Å². The third-order valence-electron chi connectivity index (χ3n) is 7.79. The number of benzene rings is 3. The van der Waals surface area contributed by atoms with Crippen molar-refractivity contribution in [2.24, 2.45) is 0 Å². The fraction of sp³-hybridized carbons (Fsp3) is 0.303. The number of nitrogens with zero attached hydrogens (tertiary/aromatic N) is 6. The second-order valence-electron chi connectivity index (χ2n) is 10.6. The average Bonchev–Trinajstić information content (AvgIpc) is 3.09. The molecule has 1 aromatic heterocycles. The number of hydrogen-bond acceptors (Lipinski definition) is 9. The number of methoxy groups -OCH3 is 2. The van der Waals surface area contributed by atoms with E-state index >= 15 is 0 Å². The van der Waals surface area contributed by atoms with Crippen molar-refractivity contribution in [2.45, 2.75) is 19.9 Å². The number of anilines is 2. The van der Waals surface area contributed by atoms with Gasteiger partial charge in [-0.2, -0.15) is 5.26 Å². The maximum Gasteiger partial charge on any atom is 0.409 e. The van der Waals surface area contributed by atoms with Crippen LogP contribution >= 0.6 is 0 Å². The third-order valence-corrected chi connectivity index (χ3v) is 7.79. The number of nitriles is 1. The third kappa shape index (κ3) is 6.74. The summed E-state index contributed by atoms with van der Waals surface area (Å²) in [6.07, 6.45) is -0.441. The summed E-state index contributed by atoms with van der Waals surface area (Å²) in [6.45, 7) is 4.79. The molecule has 0 saturated carbocycles. The van der Waals surface area contributed by atoms with Crippen LogP contribution in [0.1, 0.15) is 31.3 Å². The minimum absolute atomic E-state index is 0.189. The van der Waals surface area contributed by atoms with Gasteiger partial charge in [-0.15, -0.1) is 0 Å². The zero-order valence-corrected chi connectivity index (χ0v) is 26.4. The van der Waals surface area contributed by atoms with Crippen molar-refractivity contribution in [1.82, 2.24) is 14.6 Å². The SMILES string of the molecule is CCOC(=O)N1CCN(n2c(C(C)N(C(=O)Nc3ccc(F)cc3)c3ccc(OC)cc3OC)nc3cc(C#N)ccc3c2=O)CC1. The standard InChI is InChI=1S/C33H34FN7O6/c1-5-47-33(44)38-14-16-39(17-15-38)41-30(37-27-18-22(20-35)6-12-26(27)31(41)42)21(2)40(28-13-11-25(45-3)19-29(28)46-4)32(43)36-24-9-7-23(34)8-10-24/h6-13,18-19,21H,5,14-17H2,1-4H3,(H,36,43). The van der Waals surface area contributed by atoms with E-state index in [9.17, 15) is 24.0 Å². The Balaban J connectivity index is 1.66. The molecule has 4 aromatic rings. The van der Waals surface area contributed by atoms with Crippen LogP contribution < -0.4 is 30.3 Å². The molecule has 0 radical (unpaired) electrons. The average molecular weight is 644 g/mol. The van der Waals surface area contributed by atoms with Gasteiger partial charge in [0.15, 0.2) is 5.82 Å². The van der Waals surface area contributed by atoms with Gasteiger partial charge in [-0.05, 0) is 68.4 Å². The van der Waals surface area contributed by atoms with E-state index in [1.165, 1.54) is 54.1 Å². The molecule has 1 atom stereocenters. The van der Waals surface area contributed by atoms with Gasteiger partial charge in [0.05, 0.1) is 68.2 Å². The maximum absolute atomic E-state index is 14.2. The minimum Gasteiger partial charge on any atom is -0.497 e. The molecular weight excluding hydrogens is 609 g/mol. The molecule has 0 aliphatic carbocycles. The molecule has 2 heterocycles. The first-order valence-electron chi connectivity index (χ1n) is 14.9. The summed E-state index contributed by atoms with van der Waals surface area (Å²) in [6, 6.07) is 15.4. The maximum atomic E-state index is 14.2. The van der Waals surface area contributed by atoms with Crippen LogP contribution in [0, 0.1) is 17.1 Å². The summed E-state index contributed by atoms with van der Waals surface area (Å²) in [5.41, 5.74) is 0.842. The molecule has 1 aliphatic heterocycles. The number of halogens is 1. The Hall–Kier alpha value is -5.84. The van der Waals surface area contributed by atoms with Gasteiger partial charge in [0.2, 0.25) is 0 Å². The van der Waals surface area contributed by atoms with Crippen LogP contribution in [0.15, 0.2) is 65.5 Å². The van der Waals surface area contributed by atoms with Crippen LogP contribution in [-0.2, 0) is 4.74 Å². The molecule has 47 heavy (non-hydrogen) atoms. The van der Waals surface area contributed by atoms with E-state index in [0.717, 1.165) is 0 Å². The van der Waals surface area contributed by atoms with Crippen molar-refractivity contribution in [3.63, 3.8) is 0 Å². The monoisotopic (exact) mass is 643 g/mol. The number of urea groups is 1. The molecule has 1 saturated heterocycles. The van der Waals surface area contributed by atoms with Crippen molar-refractivity contribution in [1.29, 1.82) is 5.26 Å². The molecule has 3 amide bonds. The highest BCUT2D eigenvalue weighted by Gasteiger charge is 2.33. The largest absolute Gasteiger partial charge is 0.497 e. The summed E-state index contributed by atoms with van der Waals surface area (Å²) in [7, 11) is 2.96. The predicted molar refractivity (Wildman–Crippen MR) is 173 cm³/mol. The smallest absolute Gasteiger partial charge is 0.409 e. The van der Waals surface area contributed by atoms with Crippen LogP contribution in [-0.4, -0.2) is 73.7 Å². The van der Waals surface area contributed by atoms with E-state index < -0.39 is 29.5 Å². The van der Waals surface area contributed by atoms with Gasteiger partial charge in [-0.1, -0.05) is 0 Å². The second-order valence-corrected chi connectivity index (χ2v) is 10.6. The summed E-state index contributed by atoms with van der Waals surface area (Å²) in [4.78, 5) is 48.6. The summed E-state index contributed by atoms with van der Waals surface area (Å²) in [5.74, 6) is 0.514. The molecule has 1 N–H and O–H groups in total. The first kappa shape index (κ1) is 32.6. The predicted octanol–water partition coefficient (Wildman–Crippen LogP) is 4.63. The number of piperazine rings is 1. The first-order valence-corrected chi connectivity index (χ1v) is 14.9. The van der Waals surface area contributed by atoms with Crippen molar-refractivity contribution < 1.29 is 28.2 Å². The molecule has 14 heteroatoms. The number of rotatable bonds is 8. The van der Waals surface area contributed by atoms with Gasteiger partial charge in [-0.3, -0.25) is 9.69 Å². The van der Waals surface area contributed by atoms with Gasteiger partial charge in [0.25, 0.3) is 5.56 Å². The Kier molecular flexibility index (Phi) is 9.74. The number of ether oxygens (including phenoxy) is 3. The number of amides is 3. The Morgan fingerprint density at radius 3 is 2.40 bits per heavy atom. The quantitative estimate of drug-likeness (QED) is 0.291. The Morgan fingerprint density at radius 2 is 1.77 bits per heavy atom. The van der Waals surface area contributed by atoms with Crippen LogP contribution in [0.4, 0.5) is 25.4 Å². The lowest BCUT2D eigenvalue weighted by Gasteiger charge is -2.38. The van der Waals surface area contributed by atoms with E-state index in [0.29, 0.717) is 28.4 Å². The van der Waals surface area contributed by atoms with Crippen LogP contribution in [0.3, 0.4) is 0 Å². The molecule has 3 aromatic carbocycles. The molecule has 5 rings (SSSR count). The zero-order valence-electron chi connectivity index (χ0n) is 26.4. The van der Waals surface area contributed by atoms with Crippen LogP contribution in [0.5, 0.6) is 11.5 Å². The summed E-state index contributed by atoms with van der Waals surface area (Å²) < 4.78 is 31.3. The highest BCUT2D eigenvalue weighted by atomic mass is 19.1. The summed E-state index contributed by atoms with van der Waals surface area (Å²) in [5, 5.41) is 14.4. The van der Waals surface area contributed by atoms with Gasteiger partial charge < -0.3 is 29.4 Å². The normalized spacial score (nSPS) is 13.4. The van der Waals surface area contributed by atoms with E-state index in [1.807, 2.05) is 0 Å². The number of nitrogens with one attached hydrogen (secondary N) is 1. The Labute approximate surface area is 270 Å². The fourth-order valence-corrected chi connectivity index (χ4v) is 5.41. The lowest BCUT2D eigenvalue weighted by atomic mass is 10.1. The Morgan fingerprint density at radius 1 is 1.04 bits per heavy atom.